The van der Waals surface area contributed by atoms with Crippen LogP contribution in [0.4, 0.5) is 34.1 Å². The van der Waals surface area contributed by atoms with Crippen LogP contribution in [-0.2, 0) is 20.9 Å². The van der Waals surface area contributed by atoms with Crippen molar-refractivity contribution in [1.29, 1.82) is 0 Å². The van der Waals surface area contributed by atoms with Gasteiger partial charge in [-0.2, -0.15) is 0 Å². The number of esters is 1. The predicted molar refractivity (Wildman–Crippen MR) is 150 cm³/mol. The number of anilines is 2. The molecule has 41 heavy (non-hydrogen) atoms. The van der Waals surface area contributed by atoms with Crippen LogP contribution in [0.1, 0.15) is 19.4 Å². The van der Waals surface area contributed by atoms with Crippen molar-refractivity contribution in [2.24, 2.45) is 10.2 Å². The number of carbonyl (C=O) groups excluding carboxylic acids is 2. The Hall–Kier alpha value is -5.11. The minimum Gasteiger partial charge on any atom is -0.494 e. The number of amides is 1. The number of methoxy groups -OCH3 is 1. The van der Waals surface area contributed by atoms with Gasteiger partial charge in [0, 0.05) is 32.5 Å². The van der Waals surface area contributed by atoms with Crippen molar-refractivity contribution in [2.75, 3.05) is 30.5 Å². The van der Waals surface area contributed by atoms with Crippen LogP contribution in [0.5, 0.6) is 5.75 Å². The minimum absolute atomic E-state index is 0.0594. The molecule has 0 atom stereocenters. The molecule has 15 heteroatoms. The number of benzene rings is 3. The molecule has 0 bridgehead atoms. The second kappa shape index (κ2) is 13.8. The van der Waals surface area contributed by atoms with Crippen molar-refractivity contribution in [1.82, 2.24) is 0 Å². The molecule has 0 radical (unpaired) electrons. The van der Waals surface area contributed by atoms with E-state index in [-0.39, 0.29) is 29.5 Å². The number of hydrogen-bond donors (Lipinski definition) is 1. The molecule has 0 unspecified atom stereocenters. The number of nitrogens with zero attached hydrogens (tertiary/aromatic N) is 5. The standard InChI is InChI=1S/C26H25ClN6O8/c1-16(34)28-21-13-23(31(9-10-41-17(2)35)15-18-7-5-4-6-8-18)25(40-3)14-22(21)29-30-26-20(27)11-19(32(36)37)12-24(26)33(38)39/h4-8,11-14H,9-10,15H2,1-3H3,(H,28,34)/b30-29+. The largest absolute Gasteiger partial charge is 0.494 e. The van der Waals surface area contributed by atoms with Gasteiger partial charge in [-0.05, 0) is 11.6 Å². The van der Waals surface area contributed by atoms with Gasteiger partial charge in [0.25, 0.3) is 5.69 Å². The Labute approximate surface area is 238 Å². The van der Waals surface area contributed by atoms with Crippen molar-refractivity contribution < 1.29 is 28.9 Å². The van der Waals surface area contributed by atoms with Gasteiger partial charge in [0.1, 0.15) is 18.0 Å². The van der Waals surface area contributed by atoms with Gasteiger partial charge in [-0.3, -0.25) is 29.8 Å². The maximum absolute atomic E-state index is 12.1. The lowest BCUT2D eigenvalue weighted by atomic mass is 10.1. The van der Waals surface area contributed by atoms with Crippen molar-refractivity contribution in [2.45, 2.75) is 20.4 Å². The van der Waals surface area contributed by atoms with E-state index in [9.17, 15) is 29.8 Å². The molecule has 0 saturated heterocycles. The SMILES string of the molecule is COc1cc(/N=N/c2c(Cl)cc([N+](=O)[O-])cc2[N+](=O)[O-])c(NC(C)=O)cc1N(CCOC(C)=O)Cc1ccccc1. The van der Waals surface area contributed by atoms with E-state index in [0.29, 0.717) is 18.0 Å². The number of nitro groups is 2. The zero-order valence-electron chi connectivity index (χ0n) is 22.2. The van der Waals surface area contributed by atoms with E-state index >= 15 is 0 Å². The molecule has 1 N–H and O–H groups in total. The average molecular weight is 585 g/mol. The third-order valence-corrected chi connectivity index (χ3v) is 5.81. The first-order valence-electron chi connectivity index (χ1n) is 12.0. The Kier molecular flexibility index (Phi) is 10.2. The van der Waals surface area contributed by atoms with Gasteiger partial charge >= 0.3 is 11.7 Å². The number of nitro benzene ring substituents is 2. The number of carbonyl (C=O) groups is 2. The first-order valence-corrected chi connectivity index (χ1v) is 12.3. The minimum atomic E-state index is -0.865. The quantitative estimate of drug-likeness (QED) is 0.114. The second-order valence-electron chi connectivity index (χ2n) is 8.48. The van der Waals surface area contributed by atoms with E-state index in [2.05, 4.69) is 15.5 Å². The zero-order chi connectivity index (χ0) is 30.1. The Morgan fingerprint density at radius 2 is 1.73 bits per heavy atom. The normalized spacial score (nSPS) is 10.7. The van der Waals surface area contributed by atoms with Crippen LogP contribution in [0.25, 0.3) is 0 Å². The summed E-state index contributed by atoms with van der Waals surface area (Å²) >= 11 is 6.09. The molecule has 3 aromatic carbocycles. The summed E-state index contributed by atoms with van der Waals surface area (Å²) < 4.78 is 10.7. The fourth-order valence-corrected chi connectivity index (χ4v) is 3.99. The highest BCUT2D eigenvalue weighted by Gasteiger charge is 2.24. The fraction of sp³-hybridized carbons (Fsp3) is 0.231. The lowest BCUT2D eigenvalue weighted by Crippen LogP contribution is -2.28. The summed E-state index contributed by atoms with van der Waals surface area (Å²) in [7, 11) is 1.42. The molecule has 14 nitrogen and oxygen atoms in total. The summed E-state index contributed by atoms with van der Waals surface area (Å²) in [4.78, 5) is 46.3. The third kappa shape index (κ3) is 8.19. The number of rotatable bonds is 12. The molecule has 0 spiro atoms. The summed E-state index contributed by atoms with van der Waals surface area (Å²) in [6.45, 7) is 3.33. The molecule has 0 saturated carbocycles. The second-order valence-corrected chi connectivity index (χ2v) is 8.89. The fourth-order valence-electron chi connectivity index (χ4n) is 3.75. The van der Waals surface area contributed by atoms with E-state index < -0.39 is 38.8 Å². The van der Waals surface area contributed by atoms with Crippen LogP contribution < -0.4 is 15.0 Å². The van der Waals surface area contributed by atoms with Gasteiger partial charge in [-0.25, -0.2) is 0 Å². The molecular weight excluding hydrogens is 560 g/mol. The number of hydrogen-bond acceptors (Lipinski definition) is 11. The third-order valence-electron chi connectivity index (χ3n) is 5.52. The Morgan fingerprint density at radius 3 is 2.32 bits per heavy atom. The maximum atomic E-state index is 12.1. The molecule has 1 amide bonds. The highest BCUT2D eigenvalue weighted by Crippen LogP contribution is 2.43. The van der Waals surface area contributed by atoms with Crippen molar-refractivity contribution >= 4 is 57.6 Å². The molecule has 0 aliphatic rings. The first kappa shape index (κ1) is 30.4. The summed E-state index contributed by atoms with van der Waals surface area (Å²) in [5.41, 5.74) is -0.0125. The molecule has 3 rings (SSSR count). The van der Waals surface area contributed by atoms with Crippen LogP contribution in [0.2, 0.25) is 5.02 Å². The number of azo groups is 1. The predicted octanol–water partition coefficient (Wildman–Crippen LogP) is 6.11. The lowest BCUT2D eigenvalue weighted by Gasteiger charge is -2.27. The molecule has 0 aromatic heterocycles. The molecule has 214 valence electrons. The van der Waals surface area contributed by atoms with Crippen LogP contribution in [-0.4, -0.2) is 42.0 Å². The average Bonchev–Trinajstić information content (AvgIpc) is 2.91. The zero-order valence-corrected chi connectivity index (χ0v) is 23.0. The molecule has 0 aliphatic heterocycles. The van der Waals surface area contributed by atoms with Gasteiger partial charge < -0.3 is 19.7 Å². The van der Waals surface area contributed by atoms with Crippen LogP contribution in [0.15, 0.2) is 64.8 Å². The summed E-state index contributed by atoms with van der Waals surface area (Å²) in [5, 5.41) is 33.0. The van der Waals surface area contributed by atoms with Gasteiger partial charge in [0.2, 0.25) is 5.91 Å². The van der Waals surface area contributed by atoms with E-state index in [1.54, 1.807) is 6.07 Å². The van der Waals surface area contributed by atoms with Crippen LogP contribution >= 0.6 is 11.6 Å². The van der Waals surface area contributed by atoms with Crippen molar-refractivity contribution in [3.63, 3.8) is 0 Å². The van der Waals surface area contributed by atoms with E-state index in [1.807, 2.05) is 35.2 Å². The van der Waals surface area contributed by atoms with Gasteiger partial charge in [-0.15, -0.1) is 10.2 Å². The number of nitrogens with one attached hydrogen (secondary N) is 1. The smallest absolute Gasteiger partial charge is 0.305 e. The monoisotopic (exact) mass is 584 g/mol. The van der Waals surface area contributed by atoms with Gasteiger partial charge in [0.05, 0.1) is 46.0 Å². The lowest BCUT2D eigenvalue weighted by molar-refractivity contribution is -0.393. The first-order chi connectivity index (χ1) is 19.5. The molecule has 0 fully saturated rings. The van der Waals surface area contributed by atoms with Crippen LogP contribution in [0, 0.1) is 20.2 Å². The van der Waals surface area contributed by atoms with E-state index in [0.717, 1.165) is 17.7 Å². The number of ether oxygens (including phenoxy) is 2. The molecular formula is C26H25ClN6O8. The maximum Gasteiger partial charge on any atom is 0.305 e. The number of non-ortho nitro benzene ring substituents is 1. The topological polar surface area (TPSA) is 179 Å². The Balaban J connectivity index is 2.12. The highest BCUT2D eigenvalue weighted by atomic mass is 35.5. The summed E-state index contributed by atoms with van der Waals surface area (Å²) in [6.07, 6.45) is 0. The summed E-state index contributed by atoms with van der Waals surface area (Å²) in [6, 6.07) is 14.2. The van der Waals surface area contributed by atoms with Crippen LogP contribution in [0.3, 0.4) is 0 Å². The van der Waals surface area contributed by atoms with Gasteiger partial charge in [0.15, 0.2) is 5.69 Å². The van der Waals surface area contributed by atoms with Gasteiger partial charge in [-0.1, -0.05) is 41.9 Å². The Bertz CT molecular complexity index is 1500. The van der Waals surface area contributed by atoms with Crippen molar-refractivity contribution in [3.05, 3.63) is 85.4 Å². The van der Waals surface area contributed by atoms with Crippen molar-refractivity contribution in [3.8, 4) is 5.75 Å². The summed E-state index contributed by atoms with van der Waals surface area (Å²) in [5.74, 6) is -0.576. The molecule has 0 aliphatic carbocycles. The van der Waals surface area contributed by atoms with E-state index in [1.165, 1.54) is 27.0 Å². The number of halogens is 1. The molecule has 0 heterocycles. The highest BCUT2D eigenvalue weighted by molar-refractivity contribution is 6.33. The molecule has 3 aromatic rings. The van der Waals surface area contributed by atoms with E-state index in [4.69, 9.17) is 21.1 Å². The Morgan fingerprint density at radius 1 is 1.02 bits per heavy atom.